The molecule has 1 N–H and O–H groups in total. The number of piperazine rings is 1. The molecule has 0 saturated carbocycles. The fraction of sp³-hybridized carbons (Fsp3) is 0.440. The second-order valence-corrected chi connectivity index (χ2v) is 8.85. The van der Waals surface area contributed by atoms with E-state index in [1.165, 1.54) is 30.0 Å². The number of hydrogen-bond donors (Lipinski definition) is 1. The molecule has 2 aliphatic heterocycles. The van der Waals surface area contributed by atoms with E-state index in [4.69, 9.17) is 0 Å². The molecule has 170 valence electrons. The highest BCUT2D eigenvalue weighted by molar-refractivity contribution is 5.95. The number of hydrogen-bond acceptors (Lipinski definition) is 4. The summed E-state index contributed by atoms with van der Waals surface area (Å²) in [7, 11) is 2.14. The molecule has 0 bridgehead atoms. The monoisotopic (exact) mass is 438 g/mol. The second-order valence-electron chi connectivity index (χ2n) is 8.85. The van der Waals surface area contributed by atoms with Crippen molar-refractivity contribution in [1.82, 2.24) is 9.80 Å². The van der Waals surface area contributed by atoms with Crippen LogP contribution in [0, 0.1) is 18.7 Å². The van der Waals surface area contributed by atoms with Crippen molar-refractivity contribution in [2.75, 3.05) is 56.5 Å². The number of halogens is 1. The van der Waals surface area contributed by atoms with E-state index < -0.39 is 0 Å². The lowest BCUT2D eigenvalue weighted by atomic mass is 9.95. The van der Waals surface area contributed by atoms with E-state index in [2.05, 4.69) is 35.2 Å². The van der Waals surface area contributed by atoms with Crippen LogP contribution < -0.4 is 10.2 Å². The van der Waals surface area contributed by atoms with Gasteiger partial charge in [0, 0.05) is 62.1 Å². The summed E-state index contributed by atoms with van der Waals surface area (Å²) in [6, 6.07) is 11.7. The Morgan fingerprint density at radius 1 is 0.938 bits per heavy atom. The Morgan fingerprint density at radius 2 is 1.59 bits per heavy atom. The number of aryl methyl sites for hydroxylation is 1. The molecule has 0 unspecified atom stereocenters. The Balaban J connectivity index is 1.30. The van der Waals surface area contributed by atoms with Crippen LogP contribution in [0.1, 0.15) is 28.8 Å². The minimum absolute atomic E-state index is 0.00521. The Morgan fingerprint density at radius 3 is 2.22 bits per heavy atom. The van der Waals surface area contributed by atoms with Gasteiger partial charge in [0.15, 0.2) is 0 Å². The lowest BCUT2D eigenvalue weighted by Gasteiger charge is -2.35. The van der Waals surface area contributed by atoms with Gasteiger partial charge in [-0.1, -0.05) is 0 Å². The third-order valence-electron chi connectivity index (χ3n) is 6.55. The summed E-state index contributed by atoms with van der Waals surface area (Å²) in [5.74, 6) is -0.585. The molecule has 0 aliphatic carbocycles. The van der Waals surface area contributed by atoms with Crippen LogP contribution in [-0.4, -0.2) is 67.9 Å². The molecular weight excluding hydrogens is 407 g/mol. The Hall–Kier alpha value is -2.93. The number of piperidine rings is 1. The van der Waals surface area contributed by atoms with Crippen molar-refractivity contribution in [3.8, 4) is 0 Å². The number of carbonyl (C=O) groups is 2. The summed E-state index contributed by atoms with van der Waals surface area (Å²) in [5, 5.41) is 3.06. The SMILES string of the molecule is Cc1cc(NC(=O)C2CCN(C(=O)c3ccc(F)cc3)CC2)ccc1N1CCN(C)CC1. The lowest BCUT2D eigenvalue weighted by Crippen LogP contribution is -2.44. The van der Waals surface area contributed by atoms with Crippen molar-refractivity contribution in [3.05, 3.63) is 59.4 Å². The van der Waals surface area contributed by atoms with Gasteiger partial charge in [0.1, 0.15) is 5.82 Å². The molecule has 2 aromatic rings. The molecular formula is C25H31FN4O2. The summed E-state index contributed by atoms with van der Waals surface area (Å²) in [5.41, 5.74) is 3.68. The number of nitrogens with one attached hydrogen (secondary N) is 1. The van der Waals surface area contributed by atoms with Gasteiger partial charge in [-0.3, -0.25) is 9.59 Å². The highest BCUT2D eigenvalue weighted by Crippen LogP contribution is 2.26. The van der Waals surface area contributed by atoms with Crippen LogP contribution >= 0.6 is 0 Å². The van der Waals surface area contributed by atoms with Crippen LogP contribution in [0.2, 0.25) is 0 Å². The molecule has 2 heterocycles. The van der Waals surface area contributed by atoms with E-state index in [0.717, 1.165) is 37.4 Å². The Kier molecular flexibility index (Phi) is 6.74. The Bertz CT molecular complexity index is 962. The van der Waals surface area contributed by atoms with Gasteiger partial charge in [-0.25, -0.2) is 4.39 Å². The molecule has 7 heteroatoms. The molecule has 2 saturated heterocycles. The number of amides is 2. The first-order valence-electron chi connectivity index (χ1n) is 11.3. The van der Waals surface area contributed by atoms with Gasteiger partial charge >= 0.3 is 0 Å². The molecule has 2 aromatic carbocycles. The zero-order valence-electron chi connectivity index (χ0n) is 18.8. The first-order valence-corrected chi connectivity index (χ1v) is 11.3. The van der Waals surface area contributed by atoms with Gasteiger partial charge in [-0.2, -0.15) is 0 Å². The third-order valence-corrected chi connectivity index (χ3v) is 6.55. The largest absolute Gasteiger partial charge is 0.369 e. The van der Waals surface area contributed by atoms with Gasteiger partial charge in [0.25, 0.3) is 5.91 Å². The Labute approximate surface area is 189 Å². The molecule has 2 aliphatic rings. The number of anilines is 2. The summed E-state index contributed by atoms with van der Waals surface area (Å²) < 4.78 is 13.1. The lowest BCUT2D eigenvalue weighted by molar-refractivity contribution is -0.121. The van der Waals surface area contributed by atoms with Crippen LogP contribution in [-0.2, 0) is 4.79 Å². The van der Waals surface area contributed by atoms with Crippen molar-refractivity contribution in [1.29, 1.82) is 0 Å². The summed E-state index contributed by atoms with van der Waals surface area (Å²) >= 11 is 0. The van der Waals surface area contributed by atoms with Crippen molar-refractivity contribution in [2.24, 2.45) is 5.92 Å². The molecule has 32 heavy (non-hydrogen) atoms. The van der Waals surface area contributed by atoms with Gasteiger partial charge in [-0.15, -0.1) is 0 Å². The topological polar surface area (TPSA) is 55.9 Å². The van der Waals surface area contributed by atoms with E-state index in [-0.39, 0.29) is 23.5 Å². The fourth-order valence-corrected chi connectivity index (χ4v) is 4.50. The number of benzene rings is 2. The zero-order chi connectivity index (χ0) is 22.7. The fourth-order valence-electron chi connectivity index (χ4n) is 4.50. The summed E-state index contributed by atoms with van der Waals surface area (Å²) in [6.45, 7) is 7.27. The summed E-state index contributed by atoms with van der Waals surface area (Å²) in [4.78, 5) is 31.9. The first-order chi connectivity index (χ1) is 15.4. The first kappa shape index (κ1) is 22.3. The maximum Gasteiger partial charge on any atom is 0.253 e. The average molecular weight is 439 g/mol. The van der Waals surface area contributed by atoms with Crippen LogP contribution in [0.4, 0.5) is 15.8 Å². The number of carbonyl (C=O) groups excluding carboxylic acids is 2. The second kappa shape index (κ2) is 9.69. The predicted octanol–water partition coefficient (Wildman–Crippen LogP) is 3.38. The van der Waals surface area contributed by atoms with Crippen LogP contribution in [0.3, 0.4) is 0 Å². The van der Waals surface area contributed by atoms with Gasteiger partial charge in [0.05, 0.1) is 0 Å². The standard InChI is InChI=1S/C25H31FN4O2/c1-18-17-22(7-8-23(18)29-15-13-28(2)14-16-29)27-24(31)19-9-11-30(12-10-19)25(32)20-3-5-21(26)6-4-20/h3-8,17,19H,9-16H2,1-2H3,(H,27,31). The van der Waals surface area contributed by atoms with E-state index >= 15 is 0 Å². The highest BCUT2D eigenvalue weighted by atomic mass is 19.1. The van der Waals surface area contributed by atoms with Crippen molar-refractivity contribution in [2.45, 2.75) is 19.8 Å². The van der Waals surface area contributed by atoms with Gasteiger partial charge < -0.3 is 20.0 Å². The average Bonchev–Trinajstić information content (AvgIpc) is 2.80. The normalized spacial score (nSPS) is 18.0. The van der Waals surface area contributed by atoms with Crippen LogP contribution in [0.15, 0.2) is 42.5 Å². The van der Waals surface area contributed by atoms with Crippen molar-refractivity contribution >= 4 is 23.2 Å². The maximum absolute atomic E-state index is 13.1. The number of rotatable bonds is 4. The summed E-state index contributed by atoms with van der Waals surface area (Å²) in [6.07, 6.45) is 1.24. The molecule has 0 atom stereocenters. The molecule has 2 fully saturated rings. The number of likely N-dealkylation sites (tertiary alicyclic amines) is 1. The molecule has 2 amide bonds. The molecule has 0 aromatic heterocycles. The molecule has 6 nitrogen and oxygen atoms in total. The highest BCUT2D eigenvalue weighted by Gasteiger charge is 2.28. The van der Waals surface area contributed by atoms with Crippen LogP contribution in [0.5, 0.6) is 0 Å². The minimum Gasteiger partial charge on any atom is -0.369 e. The number of likely N-dealkylation sites (N-methyl/N-ethyl adjacent to an activating group) is 1. The van der Waals surface area contributed by atoms with E-state index in [9.17, 15) is 14.0 Å². The van der Waals surface area contributed by atoms with E-state index in [1.54, 1.807) is 4.90 Å². The third kappa shape index (κ3) is 5.10. The molecule has 4 rings (SSSR count). The minimum atomic E-state index is -0.358. The van der Waals surface area contributed by atoms with Crippen LogP contribution in [0.25, 0.3) is 0 Å². The van der Waals surface area contributed by atoms with Gasteiger partial charge in [0.2, 0.25) is 5.91 Å². The smallest absolute Gasteiger partial charge is 0.253 e. The molecule has 0 spiro atoms. The zero-order valence-corrected chi connectivity index (χ0v) is 18.8. The van der Waals surface area contributed by atoms with Crippen molar-refractivity contribution in [3.63, 3.8) is 0 Å². The predicted molar refractivity (Wildman–Crippen MR) is 125 cm³/mol. The quantitative estimate of drug-likeness (QED) is 0.795. The van der Waals surface area contributed by atoms with E-state index in [1.807, 2.05) is 12.1 Å². The maximum atomic E-state index is 13.1. The number of nitrogens with zero attached hydrogens (tertiary/aromatic N) is 3. The van der Waals surface area contributed by atoms with E-state index in [0.29, 0.717) is 31.5 Å². The molecule has 0 radical (unpaired) electrons. The van der Waals surface area contributed by atoms with Crippen molar-refractivity contribution < 1.29 is 14.0 Å². The van der Waals surface area contributed by atoms with Gasteiger partial charge in [-0.05, 0) is 74.8 Å².